The quantitative estimate of drug-likeness (QED) is 0.890. The number of rotatable bonds is 4. The van der Waals surface area contributed by atoms with Crippen LogP contribution >= 0.6 is 11.6 Å². The van der Waals surface area contributed by atoms with Gasteiger partial charge in [0, 0.05) is 10.7 Å². The largest absolute Gasteiger partial charge is 0.324 e. The van der Waals surface area contributed by atoms with E-state index in [1.165, 1.54) is 11.0 Å². The number of nitrogens with two attached hydrogens (primary N) is 1. The average Bonchev–Trinajstić information content (AvgIpc) is 2.80. The highest BCUT2D eigenvalue weighted by Gasteiger charge is 2.08. The van der Waals surface area contributed by atoms with Gasteiger partial charge in [-0.05, 0) is 31.2 Å². The van der Waals surface area contributed by atoms with Gasteiger partial charge >= 0.3 is 0 Å². The molecule has 1 unspecified atom stereocenters. The van der Waals surface area contributed by atoms with Crippen LogP contribution in [0.2, 0.25) is 5.02 Å². The van der Waals surface area contributed by atoms with Gasteiger partial charge < -0.3 is 11.1 Å². The van der Waals surface area contributed by atoms with Crippen LogP contribution in [0.25, 0.3) is 0 Å². The van der Waals surface area contributed by atoms with Gasteiger partial charge in [-0.15, -0.1) is 0 Å². The lowest BCUT2D eigenvalue weighted by atomic mass is 10.3. The van der Waals surface area contributed by atoms with E-state index in [1.807, 2.05) is 0 Å². The average molecular weight is 280 g/mol. The number of carbonyl (C=O) groups excluding carboxylic acids is 1. The number of anilines is 1. The van der Waals surface area contributed by atoms with E-state index in [9.17, 15) is 4.79 Å². The number of hydrogen-bond acceptors (Lipinski definition) is 4. The van der Waals surface area contributed by atoms with E-state index >= 15 is 0 Å². The first-order valence-electron chi connectivity index (χ1n) is 5.75. The molecule has 6 nitrogen and oxygen atoms in total. The molecule has 0 radical (unpaired) electrons. The minimum Gasteiger partial charge on any atom is -0.324 e. The molecule has 19 heavy (non-hydrogen) atoms. The Kier molecular flexibility index (Phi) is 4.13. The molecule has 0 saturated heterocycles. The predicted octanol–water partition coefficient (Wildman–Crippen LogP) is 1.59. The zero-order chi connectivity index (χ0) is 13.8. The van der Waals surface area contributed by atoms with E-state index in [0.29, 0.717) is 16.5 Å². The van der Waals surface area contributed by atoms with Gasteiger partial charge in [0.25, 0.3) is 0 Å². The van der Waals surface area contributed by atoms with Crippen molar-refractivity contribution in [3.63, 3.8) is 0 Å². The van der Waals surface area contributed by atoms with Crippen LogP contribution < -0.4 is 11.1 Å². The molecule has 0 bridgehead atoms. The summed E-state index contributed by atoms with van der Waals surface area (Å²) in [6, 6.07) is 6.63. The second-order valence-corrected chi connectivity index (χ2v) is 4.58. The van der Waals surface area contributed by atoms with Crippen molar-refractivity contribution in [3.05, 3.63) is 41.4 Å². The molecule has 1 aromatic carbocycles. The molecule has 0 fully saturated rings. The third kappa shape index (κ3) is 3.77. The summed E-state index contributed by atoms with van der Waals surface area (Å²) in [4.78, 5) is 15.8. The van der Waals surface area contributed by atoms with Gasteiger partial charge in [0.1, 0.15) is 12.9 Å². The number of nitrogens with zero attached hydrogens (tertiary/aromatic N) is 3. The van der Waals surface area contributed by atoms with Gasteiger partial charge in [-0.3, -0.25) is 4.79 Å². The van der Waals surface area contributed by atoms with E-state index in [2.05, 4.69) is 15.4 Å². The van der Waals surface area contributed by atoms with Crippen molar-refractivity contribution in [1.29, 1.82) is 0 Å². The van der Waals surface area contributed by atoms with Gasteiger partial charge in [0.05, 0.1) is 6.04 Å². The topological polar surface area (TPSA) is 85.8 Å². The first-order chi connectivity index (χ1) is 9.04. The molecule has 2 aromatic rings. The molecule has 0 aliphatic rings. The summed E-state index contributed by atoms with van der Waals surface area (Å²) >= 11 is 5.76. The fourth-order valence-electron chi connectivity index (χ4n) is 1.47. The molecule has 1 atom stereocenters. The highest BCUT2D eigenvalue weighted by Crippen LogP contribution is 2.13. The maximum atomic E-state index is 11.8. The first kappa shape index (κ1) is 13.5. The van der Waals surface area contributed by atoms with Crippen molar-refractivity contribution < 1.29 is 4.79 Å². The van der Waals surface area contributed by atoms with Crippen LogP contribution in [0.5, 0.6) is 0 Å². The highest BCUT2D eigenvalue weighted by molar-refractivity contribution is 6.30. The molecule has 0 spiro atoms. The minimum atomic E-state index is -0.249. The van der Waals surface area contributed by atoms with Crippen molar-refractivity contribution in [2.75, 3.05) is 5.32 Å². The van der Waals surface area contributed by atoms with E-state index in [4.69, 9.17) is 17.3 Å². The Morgan fingerprint density at radius 1 is 1.47 bits per heavy atom. The number of halogens is 1. The van der Waals surface area contributed by atoms with Crippen LogP contribution in [-0.4, -0.2) is 20.7 Å². The summed E-state index contributed by atoms with van der Waals surface area (Å²) in [6.45, 7) is 1.87. The predicted molar refractivity (Wildman–Crippen MR) is 72.7 cm³/mol. The monoisotopic (exact) mass is 279 g/mol. The molecular weight excluding hydrogens is 266 g/mol. The molecule has 1 amide bonds. The van der Waals surface area contributed by atoms with E-state index in [1.54, 1.807) is 31.2 Å². The number of aromatic nitrogens is 3. The summed E-state index contributed by atoms with van der Waals surface area (Å²) in [5.41, 5.74) is 6.33. The number of carbonyl (C=O) groups is 1. The molecule has 1 heterocycles. The van der Waals surface area contributed by atoms with Crippen molar-refractivity contribution in [3.8, 4) is 0 Å². The first-order valence-corrected chi connectivity index (χ1v) is 6.13. The van der Waals surface area contributed by atoms with Crippen LogP contribution in [0, 0.1) is 0 Å². The smallest absolute Gasteiger partial charge is 0.246 e. The Bertz CT molecular complexity index is 564. The summed E-state index contributed by atoms with van der Waals surface area (Å²) in [7, 11) is 0. The molecule has 1 aromatic heterocycles. The van der Waals surface area contributed by atoms with Crippen molar-refractivity contribution in [2.45, 2.75) is 19.5 Å². The molecule has 100 valence electrons. The SMILES string of the molecule is CC(N)c1ncn(CC(=O)Nc2ccc(Cl)cc2)n1. The second-order valence-electron chi connectivity index (χ2n) is 4.14. The molecule has 3 N–H and O–H groups in total. The Morgan fingerprint density at radius 3 is 2.74 bits per heavy atom. The lowest BCUT2D eigenvalue weighted by molar-refractivity contribution is -0.116. The van der Waals surface area contributed by atoms with Crippen molar-refractivity contribution >= 4 is 23.2 Å². The molecule has 0 aliphatic heterocycles. The fraction of sp³-hybridized carbons (Fsp3) is 0.250. The number of nitrogens with one attached hydrogen (secondary N) is 1. The zero-order valence-corrected chi connectivity index (χ0v) is 11.1. The maximum Gasteiger partial charge on any atom is 0.246 e. The minimum absolute atomic E-state index is 0.0857. The third-order valence-corrected chi connectivity index (χ3v) is 2.65. The number of hydrogen-bond donors (Lipinski definition) is 2. The summed E-state index contributed by atoms with van der Waals surface area (Å²) in [6.07, 6.45) is 1.49. The van der Waals surface area contributed by atoms with Gasteiger partial charge in [0.15, 0.2) is 5.82 Å². The lowest BCUT2D eigenvalue weighted by Gasteiger charge is -2.05. The Hall–Kier alpha value is -1.92. The maximum absolute atomic E-state index is 11.8. The van der Waals surface area contributed by atoms with Crippen LogP contribution in [0.4, 0.5) is 5.69 Å². The van der Waals surface area contributed by atoms with Gasteiger partial charge in [-0.1, -0.05) is 11.6 Å². The van der Waals surface area contributed by atoms with Crippen molar-refractivity contribution in [1.82, 2.24) is 14.8 Å². The van der Waals surface area contributed by atoms with Crippen LogP contribution in [-0.2, 0) is 11.3 Å². The second kappa shape index (κ2) is 5.81. The molecule has 7 heteroatoms. The van der Waals surface area contributed by atoms with E-state index < -0.39 is 0 Å². The van der Waals surface area contributed by atoms with E-state index in [0.717, 1.165) is 0 Å². The van der Waals surface area contributed by atoms with Crippen LogP contribution in [0.1, 0.15) is 18.8 Å². The normalized spacial score (nSPS) is 12.2. The molecule has 0 saturated carbocycles. The Labute approximate surface area is 115 Å². The Balaban J connectivity index is 1.95. The molecular formula is C12H14ClN5O. The summed E-state index contributed by atoms with van der Waals surface area (Å²) < 4.78 is 1.45. The molecule has 2 rings (SSSR count). The summed E-state index contributed by atoms with van der Waals surface area (Å²) in [5, 5.41) is 7.46. The third-order valence-electron chi connectivity index (χ3n) is 2.40. The van der Waals surface area contributed by atoms with Gasteiger partial charge in [0.2, 0.25) is 5.91 Å². The van der Waals surface area contributed by atoms with Gasteiger partial charge in [-0.2, -0.15) is 5.10 Å². The zero-order valence-electron chi connectivity index (χ0n) is 10.4. The lowest BCUT2D eigenvalue weighted by Crippen LogP contribution is -2.19. The van der Waals surface area contributed by atoms with Gasteiger partial charge in [-0.25, -0.2) is 9.67 Å². The highest BCUT2D eigenvalue weighted by atomic mass is 35.5. The van der Waals surface area contributed by atoms with Crippen LogP contribution in [0.3, 0.4) is 0 Å². The standard InChI is InChI=1S/C12H14ClN5O/c1-8(14)12-15-7-18(17-12)6-11(19)16-10-4-2-9(13)3-5-10/h2-5,7-8H,6,14H2,1H3,(H,16,19). The Morgan fingerprint density at radius 2 is 2.16 bits per heavy atom. The summed E-state index contributed by atoms with van der Waals surface area (Å²) in [5.74, 6) is 0.322. The van der Waals surface area contributed by atoms with Crippen LogP contribution in [0.15, 0.2) is 30.6 Å². The number of amides is 1. The van der Waals surface area contributed by atoms with E-state index in [-0.39, 0.29) is 18.5 Å². The van der Waals surface area contributed by atoms with Crippen molar-refractivity contribution in [2.24, 2.45) is 5.73 Å². The fourth-order valence-corrected chi connectivity index (χ4v) is 1.60. The molecule has 0 aliphatic carbocycles. The number of benzene rings is 1.